The summed E-state index contributed by atoms with van der Waals surface area (Å²) in [6.07, 6.45) is 1.49. The molecule has 4 aromatic carbocycles. The summed E-state index contributed by atoms with van der Waals surface area (Å²) < 4.78 is 6.86. The van der Waals surface area contributed by atoms with Gasteiger partial charge in [-0.2, -0.15) is 0 Å². The van der Waals surface area contributed by atoms with Gasteiger partial charge in [-0.25, -0.2) is 9.69 Å². The van der Waals surface area contributed by atoms with Crippen LogP contribution in [0, 0.1) is 10.5 Å². The molecule has 1 N–H and O–H groups in total. The van der Waals surface area contributed by atoms with E-state index in [0.29, 0.717) is 23.6 Å². The van der Waals surface area contributed by atoms with E-state index >= 15 is 0 Å². The number of carbonyl (C=O) groups excluding carboxylic acids is 3. The van der Waals surface area contributed by atoms with Crippen molar-refractivity contribution in [3.8, 4) is 5.75 Å². The SMILES string of the molecule is Cc1ccc(N2C(=O)NC(=O)/C(=C\c3ccc(OCc4ccc5ccccc5c4)c(I)c3)C2=O)cc1. The molecule has 1 saturated heterocycles. The summed E-state index contributed by atoms with van der Waals surface area (Å²) >= 11 is 2.16. The minimum atomic E-state index is -0.766. The van der Waals surface area contributed by atoms with Crippen molar-refractivity contribution >= 4 is 63.0 Å². The lowest BCUT2D eigenvalue weighted by Gasteiger charge is -2.26. The number of halogens is 1. The molecule has 1 heterocycles. The first-order valence-electron chi connectivity index (χ1n) is 11.3. The summed E-state index contributed by atoms with van der Waals surface area (Å²) in [5, 5.41) is 4.59. The Morgan fingerprint density at radius 2 is 1.64 bits per heavy atom. The van der Waals surface area contributed by atoms with Crippen LogP contribution in [-0.4, -0.2) is 17.8 Å². The molecule has 5 rings (SSSR count). The smallest absolute Gasteiger partial charge is 0.335 e. The normalized spacial score (nSPS) is 14.9. The van der Waals surface area contributed by atoms with E-state index in [1.54, 1.807) is 30.3 Å². The summed E-state index contributed by atoms with van der Waals surface area (Å²) in [6, 6.07) is 26.0. The average Bonchev–Trinajstić information content (AvgIpc) is 2.87. The molecule has 1 aliphatic rings. The van der Waals surface area contributed by atoms with Gasteiger partial charge in [0, 0.05) is 0 Å². The number of hydrogen-bond acceptors (Lipinski definition) is 4. The summed E-state index contributed by atoms with van der Waals surface area (Å²) in [4.78, 5) is 38.9. The number of hydrogen-bond donors (Lipinski definition) is 1. The zero-order valence-corrected chi connectivity index (χ0v) is 21.5. The van der Waals surface area contributed by atoms with E-state index in [1.807, 2.05) is 37.3 Å². The molecule has 0 radical (unpaired) electrons. The van der Waals surface area contributed by atoms with Gasteiger partial charge in [0.15, 0.2) is 0 Å². The van der Waals surface area contributed by atoms with Gasteiger partial charge in [-0.1, -0.05) is 60.2 Å². The third kappa shape index (κ3) is 4.87. The minimum absolute atomic E-state index is 0.115. The Morgan fingerprint density at radius 3 is 2.39 bits per heavy atom. The second kappa shape index (κ2) is 9.94. The Morgan fingerprint density at radius 1 is 0.889 bits per heavy atom. The van der Waals surface area contributed by atoms with Crippen molar-refractivity contribution in [2.75, 3.05) is 4.90 Å². The molecule has 0 saturated carbocycles. The van der Waals surface area contributed by atoms with Crippen LogP contribution in [0.1, 0.15) is 16.7 Å². The third-order valence-electron chi connectivity index (χ3n) is 5.87. The molecule has 0 spiro atoms. The van der Waals surface area contributed by atoms with Gasteiger partial charge in [-0.3, -0.25) is 14.9 Å². The summed E-state index contributed by atoms with van der Waals surface area (Å²) in [6.45, 7) is 2.32. The number of nitrogens with one attached hydrogen (secondary N) is 1. The number of aryl methyl sites for hydroxylation is 1. The highest BCUT2D eigenvalue weighted by molar-refractivity contribution is 14.1. The Kier molecular flexibility index (Phi) is 6.56. The Labute approximate surface area is 221 Å². The van der Waals surface area contributed by atoms with Gasteiger partial charge in [0.25, 0.3) is 11.8 Å². The Balaban J connectivity index is 1.35. The van der Waals surface area contributed by atoms with Crippen molar-refractivity contribution in [3.63, 3.8) is 0 Å². The molecular weight excluding hydrogens is 567 g/mol. The van der Waals surface area contributed by atoms with Gasteiger partial charge >= 0.3 is 6.03 Å². The summed E-state index contributed by atoms with van der Waals surface area (Å²) in [5.74, 6) is -0.693. The highest BCUT2D eigenvalue weighted by Gasteiger charge is 2.36. The molecule has 4 aromatic rings. The first-order chi connectivity index (χ1) is 17.4. The number of imide groups is 2. The molecule has 7 heteroatoms. The fraction of sp³-hybridized carbons (Fsp3) is 0.0690. The quantitative estimate of drug-likeness (QED) is 0.176. The second-order valence-electron chi connectivity index (χ2n) is 8.45. The first-order valence-corrected chi connectivity index (χ1v) is 12.3. The van der Waals surface area contributed by atoms with Gasteiger partial charge in [0.05, 0.1) is 9.26 Å². The minimum Gasteiger partial charge on any atom is -0.488 e. The number of fused-ring (bicyclic) bond motifs is 1. The number of barbiturate groups is 1. The molecule has 4 amide bonds. The topological polar surface area (TPSA) is 75.7 Å². The molecule has 0 atom stereocenters. The van der Waals surface area contributed by atoms with E-state index < -0.39 is 17.8 Å². The van der Waals surface area contributed by atoms with Crippen molar-refractivity contribution in [1.29, 1.82) is 0 Å². The van der Waals surface area contributed by atoms with Crippen molar-refractivity contribution < 1.29 is 19.1 Å². The molecule has 36 heavy (non-hydrogen) atoms. The molecule has 1 aliphatic heterocycles. The molecule has 0 aliphatic carbocycles. The molecule has 6 nitrogen and oxygen atoms in total. The number of carbonyl (C=O) groups is 3. The van der Waals surface area contributed by atoms with Gasteiger partial charge in [-0.05, 0) is 87.8 Å². The number of benzene rings is 4. The van der Waals surface area contributed by atoms with Crippen molar-refractivity contribution in [1.82, 2.24) is 5.32 Å². The van der Waals surface area contributed by atoms with Crippen LogP contribution < -0.4 is 15.0 Å². The lowest BCUT2D eigenvalue weighted by atomic mass is 10.1. The number of ether oxygens (including phenoxy) is 1. The maximum Gasteiger partial charge on any atom is 0.335 e. The predicted octanol–water partition coefficient (Wildman–Crippen LogP) is 6.00. The monoisotopic (exact) mass is 588 g/mol. The second-order valence-corrected chi connectivity index (χ2v) is 9.62. The third-order valence-corrected chi connectivity index (χ3v) is 6.71. The van der Waals surface area contributed by atoms with Gasteiger partial charge in [0.1, 0.15) is 17.9 Å². The molecule has 0 bridgehead atoms. The van der Waals surface area contributed by atoms with E-state index in [0.717, 1.165) is 25.0 Å². The summed E-state index contributed by atoms with van der Waals surface area (Å²) in [5.41, 5.74) is 2.98. The fourth-order valence-electron chi connectivity index (χ4n) is 3.97. The number of urea groups is 1. The van der Waals surface area contributed by atoms with Crippen LogP contribution in [0.2, 0.25) is 0 Å². The zero-order chi connectivity index (χ0) is 25.2. The van der Waals surface area contributed by atoms with E-state index in [4.69, 9.17) is 4.74 Å². The van der Waals surface area contributed by atoms with Gasteiger partial charge < -0.3 is 4.74 Å². The van der Waals surface area contributed by atoms with Gasteiger partial charge in [0.2, 0.25) is 0 Å². The number of anilines is 1. The van der Waals surface area contributed by atoms with E-state index in [-0.39, 0.29) is 5.57 Å². The average molecular weight is 588 g/mol. The predicted molar refractivity (Wildman–Crippen MR) is 148 cm³/mol. The zero-order valence-electron chi connectivity index (χ0n) is 19.3. The lowest BCUT2D eigenvalue weighted by molar-refractivity contribution is -0.122. The maximum atomic E-state index is 13.1. The maximum absolute atomic E-state index is 13.1. The number of rotatable bonds is 5. The van der Waals surface area contributed by atoms with Gasteiger partial charge in [-0.15, -0.1) is 0 Å². The van der Waals surface area contributed by atoms with E-state index in [2.05, 4.69) is 52.2 Å². The molecule has 1 fully saturated rings. The van der Waals surface area contributed by atoms with Crippen molar-refractivity contribution in [3.05, 3.63) is 111 Å². The van der Waals surface area contributed by atoms with Crippen molar-refractivity contribution in [2.24, 2.45) is 0 Å². The van der Waals surface area contributed by atoms with Crippen LogP contribution in [0.15, 0.2) is 90.5 Å². The van der Waals surface area contributed by atoms with Crippen LogP contribution in [-0.2, 0) is 16.2 Å². The molecule has 178 valence electrons. The highest BCUT2D eigenvalue weighted by atomic mass is 127. The largest absolute Gasteiger partial charge is 0.488 e. The van der Waals surface area contributed by atoms with Crippen LogP contribution in [0.3, 0.4) is 0 Å². The van der Waals surface area contributed by atoms with Crippen molar-refractivity contribution in [2.45, 2.75) is 13.5 Å². The fourth-order valence-corrected chi connectivity index (χ4v) is 4.66. The molecular formula is C29H21IN2O4. The Bertz CT molecular complexity index is 1540. The number of amides is 4. The van der Waals surface area contributed by atoms with Crippen LogP contribution >= 0.6 is 22.6 Å². The highest BCUT2D eigenvalue weighted by Crippen LogP contribution is 2.27. The van der Waals surface area contributed by atoms with Crippen LogP contribution in [0.4, 0.5) is 10.5 Å². The number of nitrogens with zero attached hydrogens (tertiary/aromatic N) is 1. The lowest BCUT2D eigenvalue weighted by Crippen LogP contribution is -2.54. The van der Waals surface area contributed by atoms with Crippen LogP contribution in [0.25, 0.3) is 16.8 Å². The van der Waals surface area contributed by atoms with E-state index in [9.17, 15) is 14.4 Å². The van der Waals surface area contributed by atoms with Crippen LogP contribution in [0.5, 0.6) is 5.75 Å². The molecule has 0 aromatic heterocycles. The standard InChI is InChI=1S/C29H21IN2O4/c1-18-6-11-23(12-7-18)32-28(34)24(27(33)31-29(32)35)15-19-9-13-26(25(30)16-19)36-17-20-8-10-21-4-2-3-5-22(21)14-20/h2-16H,17H2,1H3,(H,31,33,35)/b24-15+. The Hall–Kier alpha value is -3.98. The summed E-state index contributed by atoms with van der Waals surface area (Å²) in [7, 11) is 0. The van der Waals surface area contributed by atoms with E-state index in [1.165, 1.54) is 11.5 Å². The first kappa shape index (κ1) is 23.7. The molecule has 0 unspecified atom stereocenters.